The van der Waals surface area contributed by atoms with Crippen molar-refractivity contribution in [2.75, 3.05) is 5.73 Å². The molecule has 0 radical (unpaired) electrons. The summed E-state index contributed by atoms with van der Waals surface area (Å²) >= 11 is 0. The van der Waals surface area contributed by atoms with Crippen molar-refractivity contribution in [2.24, 2.45) is 0 Å². The Morgan fingerprint density at radius 2 is 2.12 bits per heavy atom. The first-order chi connectivity index (χ1) is 8.15. The number of anilines is 1. The minimum Gasteiger partial charge on any atom is -0.487 e. The third-order valence-electron chi connectivity index (χ3n) is 2.32. The van der Waals surface area contributed by atoms with Gasteiger partial charge in [-0.2, -0.15) is 0 Å². The molecule has 0 aliphatic rings. The average molecular weight is 232 g/mol. The van der Waals surface area contributed by atoms with Crippen molar-refractivity contribution < 1.29 is 9.13 Å². The number of ether oxygens (including phenoxy) is 1. The molecule has 0 saturated carbocycles. The predicted octanol–water partition coefficient (Wildman–Crippen LogP) is 2.69. The Balaban J connectivity index is 2.09. The number of hydrogen-bond donors (Lipinski definition) is 1. The van der Waals surface area contributed by atoms with E-state index in [2.05, 4.69) is 4.98 Å². The van der Waals surface area contributed by atoms with Gasteiger partial charge in [0.25, 0.3) is 0 Å². The molecule has 0 atom stereocenters. The summed E-state index contributed by atoms with van der Waals surface area (Å²) in [5, 5.41) is 0. The lowest BCUT2D eigenvalue weighted by Gasteiger charge is -2.09. The fourth-order valence-corrected chi connectivity index (χ4v) is 1.46. The number of aryl methyl sites for hydroxylation is 1. The Kier molecular flexibility index (Phi) is 3.23. The number of hydrogen-bond acceptors (Lipinski definition) is 3. The van der Waals surface area contributed by atoms with E-state index in [1.54, 1.807) is 12.3 Å². The van der Waals surface area contributed by atoms with Crippen LogP contribution >= 0.6 is 0 Å². The van der Waals surface area contributed by atoms with Crippen LogP contribution in [0.1, 0.15) is 11.1 Å². The van der Waals surface area contributed by atoms with Crippen LogP contribution in [0.25, 0.3) is 0 Å². The van der Waals surface area contributed by atoms with Gasteiger partial charge in [-0.15, -0.1) is 0 Å². The SMILES string of the molecule is Cc1ccc(N)c(OCc2cncc(F)c2)c1. The molecule has 0 aliphatic heterocycles. The van der Waals surface area contributed by atoms with Crippen LogP contribution in [0.3, 0.4) is 0 Å². The number of aromatic nitrogens is 1. The molecule has 2 rings (SSSR count). The molecular weight excluding hydrogens is 219 g/mol. The second-order valence-corrected chi connectivity index (χ2v) is 3.84. The fourth-order valence-electron chi connectivity index (χ4n) is 1.46. The molecule has 0 bridgehead atoms. The van der Waals surface area contributed by atoms with Gasteiger partial charge >= 0.3 is 0 Å². The van der Waals surface area contributed by atoms with Gasteiger partial charge < -0.3 is 10.5 Å². The Morgan fingerprint density at radius 1 is 1.29 bits per heavy atom. The minimum absolute atomic E-state index is 0.248. The van der Waals surface area contributed by atoms with Gasteiger partial charge in [-0.25, -0.2) is 4.39 Å². The zero-order valence-corrected chi connectivity index (χ0v) is 9.48. The van der Waals surface area contributed by atoms with Crippen LogP contribution < -0.4 is 10.5 Å². The Bertz CT molecular complexity index is 529. The number of benzene rings is 1. The van der Waals surface area contributed by atoms with Crippen molar-refractivity contribution in [3.8, 4) is 5.75 Å². The largest absolute Gasteiger partial charge is 0.487 e. The summed E-state index contributed by atoms with van der Waals surface area (Å²) in [6.07, 6.45) is 2.72. The number of nitrogens with two attached hydrogens (primary N) is 1. The molecule has 1 aromatic carbocycles. The minimum atomic E-state index is -0.372. The number of halogens is 1. The van der Waals surface area contributed by atoms with E-state index in [4.69, 9.17) is 10.5 Å². The highest BCUT2D eigenvalue weighted by Gasteiger charge is 2.02. The first-order valence-electron chi connectivity index (χ1n) is 5.23. The van der Waals surface area contributed by atoms with Gasteiger partial charge in [0.1, 0.15) is 18.2 Å². The molecule has 1 heterocycles. The van der Waals surface area contributed by atoms with Crippen LogP contribution in [0.2, 0.25) is 0 Å². The molecule has 2 aromatic rings. The van der Waals surface area contributed by atoms with E-state index < -0.39 is 0 Å². The number of pyridine rings is 1. The van der Waals surface area contributed by atoms with Gasteiger partial charge in [-0.05, 0) is 30.7 Å². The summed E-state index contributed by atoms with van der Waals surface area (Å²) in [6.45, 7) is 2.20. The van der Waals surface area contributed by atoms with Crippen molar-refractivity contribution in [1.29, 1.82) is 0 Å². The van der Waals surface area contributed by atoms with E-state index in [-0.39, 0.29) is 12.4 Å². The summed E-state index contributed by atoms with van der Waals surface area (Å²) in [4.78, 5) is 3.75. The molecule has 0 saturated heterocycles. The van der Waals surface area contributed by atoms with E-state index in [9.17, 15) is 4.39 Å². The van der Waals surface area contributed by atoms with E-state index in [0.717, 1.165) is 11.8 Å². The second-order valence-electron chi connectivity index (χ2n) is 3.84. The highest BCUT2D eigenvalue weighted by atomic mass is 19.1. The summed E-state index contributed by atoms with van der Waals surface area (Å²) in [5.74, 6) is 0.234. The van der Waals surface area contributed by atoms with Crippen LogP contribution in [-0.4, -0.2) is 4.98 Å². The summed E-state index contributed by atoms with van der Waals surface area (Å²) in [6, 6.07) is 6.93. The van der Waals surface area contributed by atoms with Crippen LogP contribution in [0.15, 0.2) is 36.7 Å². The normalized spacial score (nSPS) is 10.2. The maximum atomic E-state index is 12.9. The van der Waals surface area contributed by atoms with E-state index >= 15 is 0 Å². The molecular formula is C13H13FN2O. The first kappa shape index (κ1) is 11.4. The molecule has 0 unspecified atom stereocenters. The van der Waals surface area contributed by atoms with Crippen LogP contribution in [0.4, 0.5) is 10.1 Å². The first-order valence-corrected chi connectivity index (χ1v) is 5.23. The molecule has 88 valence electrons. The van der Waals surface area contributed by atoms with Gasteiger partial charge in [0.05, 0.1) is 11.9 Å². The third-order valence-corrected chi connectivity index (χ3v) is 2.32. The molecule has 2 N–H and O–H groups in total. The topological polar surface area (TPSA) is 48.1 Å². The monoisotopic (exact) mass is 232 g/mol. The van der Waals surface area contributed by atoms with E-state index in [1.807, 2.05) is 19.1 Å². The molecule has 3 nitrogen and oxygen atoms in total. The van der Waals surface area contributed by atoms with Crippen molar-refractivity contribution in [2.45, 2.75) is 13.5 Å². The third kappa shape index (κ3) is 2.93. The lowest BCUT2D eigenvalue weighted by Crippen LogP contribution is -2.00. The Morgan fingerprint density at radius 3 is 2.88 bits per heavy atom. The maximum Gasteiger partial charge on any atom is 0.142 e. The van der Waals surface area contributed by atoms with Crippen molar-refractivity contribution in [1.82, 2.24) is 4.98 Å². The highest BCUT2D eigenvalue weighted by molar-refractivity contribution is 5.53. The molecule has 1 aromatic heterocycles. The zero-order valence-electron chi connectivity index (χ0n) is 9.48. The number of nitrogens with zero attached hydrogens (tertiary/aromatic N) is 1. The van der Waals surface area contributed by atoms with Crippen molar-refractivity contribution in [3.63, 3.8) is 0 Å². The quantitative estimate of drug-likeness (QED) is 0.828. The van der Waals surface area contributed by atoms with Crippen LogP contribution in [0.5, 0.6) is 5.75 Å². The summed E-state index contributed by atoms with van der Waals surface area (Å²) < 4.78 is 18.4. The van der Waals surface area contributed by atoms with Crippen molar-refractivity contribution >= 4 is 5.69 Å². The zero-order chi connectivity index (χ0) is 12.3. The van der Waals surface area contributed by atoms with Gasteiger partial charge in [-0.1, -0.05) is 6.07 Å². The highest BCUT2D eigenvalue weighted by Crippen LogP contribution is 2.23. The number of rotatable bonds is 3. The van der Waals surface area contributed by atoms with Gasteiger partial charge in [-0.3, -0.25) is 4.98 Å². The van der Waals surface area contributed by atoms with E-state index in [0.29, 0.717) is 17.0 Å². The van der Waals surface area contributed by atoms with Crippen LogP contribution in [0, 0.1) is 12.7 Å². The Hall–Kier alpha value is -2.10. The standard InChI is InChI=1S/C13H13FN2O/c1-9-2-3-12(15)13(4-9)17-8-10-5-11(14)7-16-6-10/h2-7H,8,15H2,1H3. The van der Waals surface area contributed by atoms with Crippen LogP contribution in [-0.2, 0) is 6.61 Å². The summed E-state index contributed by atoms with van der Waals surface area (Å²) in [5.41, 5.74) is 8.07. The number of nitrogen functional groups attached to an aromatic ring is 1. The van der Waals surface area contributed by atoms with E-state index in [1.165, 1.54) is 6.07 Å². The lowest BCUT2D eigenvalue weighted by molar-refractivity contribution is 0.306. The molecule has 17 heavy (non-hydrogen) atoms. The molecule has 4 heteroatoms. The smallest absolute Gasteiger partial charge is 0.142 e. The predicted molar refractivity (Wildman–Crippen MR) is 64.1 cm³/mol. The van der Waals surface area contributed by atoms with Gasteiger partial charge in [0, 0.05) is 11.8 Å². The second kappa shape index (κ2) is 4.82. The Labute approximate surface area is 99.1 Å². The lowest BCUT2D eigenvalue weighted by atomic mass is 10.2. The molecule has 0 aliphatic carbocycles. The molecule has 0 spiro atoms. The molecule has 0 fully saturated rings. The van der Waals surface area contributed by atoms with Crippen molar-refractivity contribution in [3.05, 3.63) is 53.6 Å². The van der Waals surface area contributed by atoms with Gasteiger partial charge in [0.2, 0.25) is 0 Å². The summed E-state index contributed by atoms with van der Waals surface area (Å²) in [7, 11) is 0. The van der Waals surface area contributed by atoms with Gasteiger partial charge in [0.15, 0.2) is 0 Å². The average Bonchev–Trinajstić information content (AvgIpc) is 2.30. The molecule has 0 amide bonds. The maximum absolute atomic E-state index is 12.9. The fraction of sp³-hybridized carbons (Fsp3) is 0.154.